The van der Waals surface area contributed by atoms with Gasteiger partial charge in [-0.25, -0.2) is 14.3 Å². The topological polar surface area (TPSA) is 142 Å². The number of hydrogen-bond acceptors (Lipinski definition) is 8. The monoisotopic (exact) mass is 611 g/mol. The number of carbonyl (C=O) groups is 3. The molecule has 42 heavy (non-hydrogen) atoms. The number of carboxylic acid groups (broad SMARTS) is 2. The lowest BCUT2D eigenvalue weighted by Gasteiger charge is -2.39. The van der Waals surface area contributed by atoms with E-state index in [4.69, 9.17) is 14.3 Å². The average Bonchev–Trinajstić information content (AvgIpc) is 3.31. The first-order valence-electron chi connectivity index (χ1n) is 13.6. The predicted molar refractivity (Wildman–Crippen MR) is 144 cm³/mol. The van der Waals surface area contributed by atoms with E-state index in [1.807, 2.05) is 11.1 Å². The van der Waals surface area contributed by atoms with Crippen molar-refractivity contribution in [1.29, 1.82) is 0 Å². The molecule has 0 radical (unpaired) electrons. The molecule has 1 amide bonds. The molecule has 1 aliphatic carbocycles. The fraction of sp³-hybridized carbons (Fsp3) is 0.519. The number of nitrogens with zero attached hydrogens (tertiary/aromatic N) is 5. The number of aliphatic carboxylic acids is 1. The number of aromatic carboxylic acids is 1. The first-order chi connectivity index (χ1) is 20.0. The number of alkyl halides is 3. The quantitative estimate of drug-likeness (QED) is 0.303. The van der Waals surface area contributed by atoms with Gasteiger partial charge in [0.15, 0.2) is 0 Å². The van der Waals surface area contributed by atoms with E-state index >= 15 is 0 Å². The first-order valence-corrected chi connectivity index (χ1v) is 14.4. The third kappa shape index (κ3) is 8.64. The molecule has 3 aromatic heterocycles. The molecule has 2 fully saturated rings. The van der Waals surface area contributed by atoms with Crippen molar-refractivity contribution < 1.29 is 42.2 Å². The lowest BCUT2D eigenvalue weighted by molar-refractivity contribution is -0.192. The summed E-state index contributed by atoms with van der Waals surface area (Å²) in [4.78, 5) is 38.8. The van der Waals surface area contributed by atoms with Crippen molar-refractivity contribution in [1.82, 2.24) is 24.8 Å². The zero-order valence-electron chi connectivity index (χ0n) is 22.7. The van der Waals surface area contributed by atoms with Crippen molar-refractivity contribution in [3.63, 3.8) is 0 Å². The summed E-state index contributed by atoms with van der Waals surface area (Å²) in [5.74, 6) is -3.08. The van der Waals surface area contributed by atoms with Crippen LogP contribution in [-0.4, -0.2) is 85.2 Å². The van der Waals surface area contributed by atoms with Gasteiger partial charge in [0.25, 0.3) is 0 Å². The van der Waals surface area contributed by atoms with Gasteiger partial charge in [-0.15, -0.1) is 16.4 Å². The minimum Gasteiger partial charge on any atom is -0.475 e. The molecule has 3 aromatic rings. The third-order valence-corrected chi connectivity index (χ3v) is 8.08. The van der Waals surface area contributed by atoms with Crippen LogP contribution >= 0.6 is 11.3 Å². The Morgan fingerprint density at radius 2 is 1.81 bits per heavy atom. The molecule has 1 saturated heterocycles. The summed E-state index contributed by atoms with van der Waals surface area (Å²) in [6, 6.07) is 6.08. The Labute approximate surface area is 243 Å². The molecule has 1 unspecified atom stereocenters. The van der Waals surface area contributed by atoms with Gasteiger partial charge in [0.1, 0.15) is 5.69 Å². The number of carboxylic acids is 2. The molecular weight excluding hydrogens is 579 g/mol. The Hall–Kier alpha value is -3.72. The van der Waals surface area contributed by atoms with Gasteiger partial charge >= 0.3 is 18.1 Å². The van der Waals surface area contributed by atoms with Crippen molar-refractivity contribution in [2.75, 3.05) is 26.2 Å². The van der Waals surface area contributed by atoms with Crippen LogP contribution in [-0.2, 0) is 22.6 Å². The average molecular weight is 612 g/mol. The lowest BCUT2D eigenvalue weighted by atomic mass is 10.1. The standard InChI is InChI=1S/C25H31N5O4S.C2HF3O2/c31-22(6-2-1-4-20-5-3-15-35-20)28-10-12-29(13-11-28)23(18-7-8-18)21-17-30(27-26-21)16-19-9-14-34-24(19)25(32)33;3-2(4,5)1(6)7/h3,5,9,14-15,17-18,23H,1-2,4,6-8,10-13,16H2,(H,32,33);(H,6,7). The van der Waals surface area contributed by atoms with Gasteiger partial charge in [0, 0.05) is 43.0 Å². The van der Waals surface area contributed by atoms with Gasteiger partial charge in [0.2, 0.25) is 11.7 Å². The highest BCUT2D eigenvalue weighted by Crippen LogP contribution is 2.44. The van der Waals surface area contributed by atoms with Crippen LogP contribution in [0.3, 0.4) is 0 Å². The summed E-state index contributed by atoms with van der Waals surface area (Å²) in [6.07, 6.45) is 4.24. The number of carbonyl (C=O) groups excluding carboxylic acids is 1. The molecule has 15 heteroatoms. The van der Waals surface area contributed by atoms with Crippen LogP contribution in [0.2, 0.25) is 0 Å². The molecule has 1 aliphatic heterocycles. The molecular formula is C27H32F3N5O6S. The van der Waals surface area contributed by atoms with Crippen molar-refractivity contribution in [3.8, 4) is 0 Å². The van der Waals surface area contributed by atoms with E-state index in [-0.39, 0.29) is 17.7 Å². The van der Waals surface area contributed by atoms with E-state index < -0.39 is 18.1 Å². The molecule has 1 saturated carbocycles. The maximum Gasteiger partial charge on any atom is 0.490 e. The summed E-state index contributed by atoms with van der Waals surface area (Å²) in [6.45, 7) is 3.47. The van der Waals surface area contributed by atoms with Gasteiger partial charge in [-0.2, -0.15) is 13.2 Å². The highest BCUT2D eigenvalue weighted by molar-refractivity contribution is 7.09. The summed E-state index contributed by atoms with van der Waals surface area (Å²) in [5, 5.41) is 27.2. The van der Waals surface area contributed by atoms with Crippen LogP contribution in [0.1, 0.15) is 64.8 Å². The molecule has 2 aliphatic rings. The Bertz CT molecular complexity index is 1330. The second kappa shape index (κ2) is 14.0. The first kappa shape index (κ1) is 31.2. The van der Waals surface area contributed by atoms with E-state index in [0.717, 1.165) is 51.1 Å². The summed E-state index contributed by atoms with van der Waals surface area (Å²) < 4.78 is 38.5. The maximum atomic E-state index is 12.7. The lowest BCUT2D eigenvalue weighted by Crippen LogP contribution is -2.50. The number of aromatic nitrogens is 3. The molecule has 0 bridgehead atoms. The highest BCUT2D eigenvalue weighted by atomic mass is 32.1. The molecule has 5 rings (SSSR count). The van der Waals surface area contributed by atoms with Crippen LogP contribution in [0.25, 0.3) is 0 Å². The number of thiophene rings is 1. The normalized spacial score (nSPS) is 16.5. The summed E-state index contributed by atoms with van der Waals surface area (Å²) in [7, 11) is 0. The Balaban J connectivity index is 0.000000517. The Kier molecular flexibility index (Phi) is 10.4. The van der Waals surface area contributed by atoms with Crippen molar-refractivity contribution in [2.24, 2.45) is 5.92 Å². The van der Waals surface area contributed by atoms with Gasteiger partial charge in [-0.1, -0.05) is 11.3 Å². The van der Waals surface area contributed by atoms with E-state index in [0.29, 0.717) is 24.4 Å². The number of rotatable bonds is 11. The van der Waals surface area contributed by atoms with Gasteiger partial charge < -0.3 is 19.5 Å². The minimum absolute atomic E-state index is 0.0619. The van der Waals surface area contributed by atoms with Gasteiger partial charge in [-0.05, 0) is 55.5 Å². The molecule has 228 valence electrons. The number of halogens is 3. The predicted octanol–water partition coefficient (Wildman–Crippen LogP) is 4.32. The number of piperazine rings is 1. The van der Waals surface area contributed by atoms with Gasteiger partial charge in [0.05, 0.1) is 25.0 Å². The maximum absolute atomic E-state index is 12.7. The van der Waals surface area contributed by atoms with Crippen LogP contribution < -0.4 is 0 Å². The van der Waals surface area contributed by atoms with E-state index in [1.165, 1.54) is 24.0 Å². The van der Waals surface area contributed by atoms with Crippen molar-refractivity contribution >= 4 is 29.2 Å². The number of aryl methyl sites for hydroxylation is 1. The highest BCUT2D eigenvalue weighted by Gasteiger charge is 2.40. The van der Waals surface area contributed by atoms with Crippen LogP contribution in [0.5, 0.6) is 0 Å². The molecule has 0 spiro atoms. The number of furan rings is 1. The fourth-order valence-corrected chi connectivity index (χ4v) is 5.68. The number of unbranched alkanes of at least 4 members (excludes halogenated alkanes) is 1. The zero-order valence-corrected chi connectivity index (χ0v) is 23.5. The van der Waals surface area contributed by atoms with Crippen molar-refractivity contribution in [2.45, 2.75) is 57.3 Å². The second-order valence-corrected chi connectivity index (χ2v) is 11.2. The smallest absolute Gasteiger partial charge is 0.475 e. The van der Waals surface area contributed by atoms with E-state index in [1.54, 1.807) is 22.1 Å². The molecule has 2 N–H and O–H groups in total. The van der Waals surface area contributed by atoms with E-state index in [9.17, 15) is 27.9 Å². The van der Waals surface area contributed by atoms with E-state index in [2.05, 4.69) is 32.7 Å². The number of amides is 1. The minimum atomic E-state index is -5.08. The second-order valence-electron chi connectivity index (χ2n) is 10.2. The summed E-state index contributed by atoms with van der Waals surface area (Å²) in [5.41, 5.74) is 1.49. The summed E-state index contributed by atoms with van der Waals surface area (Å²) >= 11 is 1.78. The largest absolute Gasteiger partial charge is 0.490 e. The molecule has 1 atom stereocenters. The SMILES string of the molecule is O=C(O)C(F)(F)F.O=C(O)c1occc1Cn1cc(C(C2CC2)N2CCN(C(=O)CCCCc3cccs3)CC2)nn1. The molecule has 4 heterocycles. The molecule has 11 nitrogen and oxygen atoms in total. The van der Waals surface area contributed by atoms with Crippen LogP contribution in [0.4, 0.5) is 13.2 Å². The third-order valence-electron chi connectivity index (χ3n) is 7.15. The van der Waals surface area contributed by atoms with Crippen LogP contribution in [0.15, 0.2) is 40.5 Å². The van der Waals surface area contributed by atoms with Gasteiger partial charge in [-0.3, -0.25) is 9.69 Å². The Morgan fingerprint density at radius 1 is 1.10 bits per heavy atom. The molecule has 0 aromatic carbocycles. The zero-order chi connectivity index (χ0) is 30.3. The fourth-order valence-electron chi connectivity index (χ4n) is 4.93. The number of hydrogen-bond donors (Lipinski definition) is 2. The van der Waals surface area contributed by atoms with Crippen molar-refractivity contribution in [3.05, 3.63) is 57.9 Å². The Morgan fingerprint density at radius 3 is 2.40 bits per heavy atom. The van der Waals surface area contributed by atoms with Crippen LogP contribution in [0, 0.1) is 5.92 Å².